The summed E-state index contributed by atoms with van der Waals surface area (Å²) in [5.74, 6) is 0. The maximum atomic E-state index is 5.17. The molecule has 0 aromatic heterocycles. The van der Waals surface area contributed by atoms with E-state index in [2.05, 4.69) is 81.4 Å². The number of benzene rings is 2. The Morgan fingerprint density at radius 1 is 0.857 bits per heavy atom. The highest BCUT2D eigenvalue weighted by Gasteiger charge is 2.21. The van der Waals surface area contributed by atoms with Crippen LogP contribution in [-0.2, 0) is 0 Å². The monoisotopic (exact) mass is 279 g/mol. The van der Waals surface area contributed by atoms with Crippen molar-refractivity contribution in [3.05, 3.63) is 71.8 Å². The van der Waals surface area contributed by atoms with Crippen LogP contribution in [0.5, 0.6) is 0 Å². The van der Waals surface area contributed by atoms with Crippen LogP contribution in [0.15, 0.2) is 65.7 Å². The lowest BCUT2D eigenvalue weighted by Gasteiger charge is -2.25. The van der Waals surface area contributed by atoms with Gasteiger partial charge in [-0.2, -0.15) is 0 Å². The lowest BCUT2D eigenvalue weighted by atomic mass is 9.92. The SMILES string of the molecule is CCCC(C)(CC)N=C(c1ccccc1)c1ccccc1. The molecule has 0 radical (unpaired) electrons. The molecule has 0 N–H and O–H groups in total. The zero-order chi connectivity index (χ0) is 15.1. The quantitative estimate of drug-likeness (QED) is 0.620. The Morgan fingerprint density at radius 2 is 1.33 bits per heavy atom. The number of nitrogens with zero attached hydrogens (tertiary/aromatic N) is 1. The van der Waals surface area contributed by atoms with E-state index in [0.29, 0.717) is 0 Å². The summed E-state index contributed by atoms with van der Waals surface area (Å²) >= 11 is 0. The fourth-order valence-electron chi connectivity index (χ4n) is 2.61. The predicted octanol–water partition coefficient (Wildman–Crippen LogP) is 5.49. The number of rotatable bonds is 6. The molecule has 110 valence electrons. The van der Waals surface area contributed by atoms with Gasteiger partial charge in [-0.3, -0.25) is 4.99 Å². The second kappa shape index (κ2) is 7.21. The number of hydrogen-bond acceptors (Lipinski definition) is 1. The third-order valence-electron chi connectivity index (χ3n) is 4.03. The summed E-state index contributed by atoms with van der Waals surface area (Å²) in [7, 11) is 0. The summed E-state index contributed by atoms with van der Waals surface area (Å²) in [4.78, 5) is 5.17. The summed E-state index contributed by atoms with van der Waals surface area (Å²) in [5, 5.41) is 0. The Bertz CT molecular complexity index is 530. The first-order valence-corrected chi connectivity index (χ1v) is 7.89. The fourth-order valence-corrected chi connectivity index (χ4v) is 2.61. The highest BCUT2D eigenvalue weighted by molar-refractivity contribution is 6.13. The highest BCUT2D eigenvalue weighted by Crippen LogP contribution is 2.24. The van der Waals surface area contributed by atoms with Crippen molar-refractivity contribution >= 4 is 5.71 Å². The minimum atomic E-state index is 0.00969. The van der Waals surface area contributed by atoms with E-state index in [0.717, 1.165) is 25.0 Å². The molecule has 2 rings (SSSR count). The zero-order valence-electron chi connectivity index (χ0n) is 13.3. The molecule has 0 aliphatic carbocycles. The van der Waals surface area contributed by atoms with Crippen molar-refractivity contribution in [3.63, 3.8) is 0 Å². The normalized spacial score (nSPS) is 13.5. The third-order valence-corrected chi connectivity index (χ3v) is 4.03. The molecule has 2 aromatic carbocycles. The Labute approximate surface area is 128 Å². The van der Waals surface area contributed by atoms with Crippen LogP contribution in [0.3, 0.4) is 0 Å². The van der Waals surface area contributed by atoms with Crippen molar-refractivity contribution in [2.75, 3.05) is 0 Å². The smallest absolute Gasteiger partial charge is 0.0725 e. The molecule has 0 fully saturated rings. The molecule has 1 unspecified atom stereocenters. The van der Waals surface area contributed by atoms with Gasteiger partial charge in [-0.05, 0) is 19.8 Å². The lowest BCUT2D eigenvalue weighted by molar-refractivity contribution is 0.417. The molecular formula is C20H25N. The van der Waals surface area contributed by atoms with Gasteiger partial charge in [0.15, 0.2) is 0 Å². The van der Waals surface area contributed by atoms with Gasteiger partial charge in [-0.1, -0.05) is 80.9 Å². The largest absolute Gasteiger partial charge is 0.278 e. The van der Waals surface area contributed by atoms with E-state index < -0.39 is 0 Å². The minimum absolute atomic E-state index is 0.00969. The van der Waals surface area contributed by atoms with E-state index in [1.165, 1.54) is 11.1 Å². The molecule has 0 amide bonds. The van der Waals surface area contributed by atoms with Crippen molar-refractivity contribution in [1.29, 1.82) is 0 Å². The molecule has 1 atom stereocenters. The topological polar surface area (TPSA) is 12.4 Å². The van der Waals surface area contributed by atoms with Crippen molar-refractivity contribution in [1.82, 2.24) is 0 Å². The van der Waals surface area contributed by atoms with Crippen molar-refractivity contribution in [3.8, 4) is 0 Å². The van der Waals surface area contributed by atoms with Crippen LogP contribution in [0, 0.1) is 0 Å². The molecular weight excluding hydrogens is 254 g/mol. The van der Waals surface area contributed by atoms with Crippen molar-refractivity contribution in [2.24, 2.45) is 4.99 Å². The van der Waals surface area contributed by atoms with E-state index in [9.17, 15) is 0 Å². The maximum Gasteiger partial charge on any atom is 0.0725 e. The van der Waals surface area contributed by atoms with Crippen LogP contribution in [0.25, 0.3) is 0 Å². The Hall–Kier alpha value is -1.89. The van der Waals surface area contributed by atoms with Crippen LogP contribution in [0.1, 0.15) is 51.2 Å². The zero-order valence-corrected chi connectivity index (χ0v) is 13.3. The first kappa shape index (κ1) is 15.5. The first-order valence-electron chi connectivity index (χ1n) is 7.89. The number of aliphatic imine (C=N–C) groups is 1. The van der Waals surface area contributed by atoms with E-state index in [-0.39, 0.29) is 5.54 Å². The first-order chi connectivity index (χ1) is 10.2. The van der Waals surface area contributed by atoms with Gasteiger partial charge in [0, 0.05) is 11.1 Å². The highest BCUT2D eigenvalue weighted by atomic mass is 14.9. The maximum absolute atomic E-state index is 5.17. The minimum Gasteiger partial charge on any atom is -0.278 e. The Kier molecular flexibility index (Phi) is 5.32. The van der Waals surface area contributed by atoms with Crippen LogP contribution >= 0.6 is 0 Å². The number of hydrogen-bond donors (Lipinski definition) is 0. The van der Waals surface area contributed by atoms with Gasteiger partial charge in [0.05, 0.1) is 11.3 Å². The van der Waals surface area contributed by atoms with Crippen LogP contribution < -0.4 is 0 Å². The average molecular weight is 279 g/mol. The van der Waals surface area contributed by atoms with Crippen molar-refractivity contribution < 1.29 is 0 Å². The molecule has 0 aliphatic rings. The van der Waals surface area contributed by atoms with Gasteiger partial charge in [0.1, 0.15) is 0 Å². The molecule has 1 heteroatoms. The Balaban J connectivity index is 2.51. The van der Waals surface area contributed by atoms with E-state index >= 15 is 0 Å². The molecule has 0 saturated heterocycles. The second-order valence-corrected chi connectivity index (χ2v) is 5.79. The molecule has 0 bridgehead atoms. The molecule has 0 heterocycles. The summed E-state index contributed by atoms with van der Waals surface area (Å²) in [6.45, 7) is 6.73. The van der Waals surface area contributed by atoms with Gasteiger partial charge in [0.2, 0.25) is 0 Å². The second-order valence-electron chi connectivity index (χ2n) is 5.79. The molecule has 0 spiro atoms. The summed E-state index contributed by atoms with van der Waals surface area (Å²) in [6.07, 6.45) is 3.33. The van der Waals surface area contributed by atoms with Gasteiger partial charge >= 0.3 is 0 Å². The van der Waals surface area contributed by atoms with Gasteiger partial charge < -0.3 is 0 Å². The van der Waals surface area contributed by atoms with Crippen LogP contribution in [0.2, 0.25) is 0 Å². The summed E-state index contributed by atoms with van der Waals surface area (Å²) in [6, 6.07) is 21.0. The molecule has 2 aromatic rings. The molecule has 0 aliphatic heterocycles. The molecule has 1 nitrogen and oxygen atoms in total. The van der Waals surface area contributed by atoms with Crippen LogP contribution in [-0.4, -0.2) is 11.3 Å². The van der Waals surface area contributed by atoms with Gasteiger partial charge in [0.25, 0.3) is 0 Å². The molecule has 0 saturated carbocycles. The molecule has 21 heavy (non-hydrogen) atoms. The third kappa shape index (κ3) is 4.04. The average Bonchev–Trinajstić information content (AvgIpc) is 2.55. The van der Waals surface area contributed by atoms with Crippen molar-refractivity contribution in [2.45, 2.75) is 45.6 Å². The Morgan fingerprint density at radius 3 is 1.71 bits per heavy atom. The van der Waals surface area contributed by atoms with Gasteiger partial charge in [-0.25, -0.2) is 0 Å². The van der Waals surface area contributed by atoms with E-state index in [4.69, 9.17) is 4.99 Å². The predicted molar refractivity (Wildman–Crippen MR) is 92.1 cm³/mol. The van der Waals surface area contributed by atoms with Gasteiger partial charge in [-0.15, -0.1) is 0 Å². The lowest BCUT2D eigenvalue weighted by Crippen LogP contribution is -2.23. The van der Waals surface area contributed by atoms with E-state index in [1.54, 1.807) is 0 Å². The standard InChI is InChI=1S/C20H25N/c1-4-16-20(3,5-2)21-19(17-12-8-6-9-13-17)18-14-10-7-11-15-18/h6-15H,4-5,16H2,1-3H3. The van der Waals surface area contributed by atoms with E-state index in [1.807, 2.05) is 0 Å². The fraction of sp³-hybridized carbons (Fsp3) is 0.350. The van der Waals surface area contributed by atoms with Crippen LogP contribution in [0.4, 0.5) is 0 Å². The summed E-state index contributed by atoms with van der Waals surface area (Å²) in [5.41, 5.74) is 3.50. The summed E-state index contributed by atoms with van der Waals surface area (Å²) < 4.78 is 0.